The van der Waals surface area contributed by atoms with Crippen LogP contribution in [0.1, 0.15) is 27.5 Å². The summed E-state index contributed by atoms with van der Waals surface area (Å²) in [7, 11) is 3.04. The summed E-state index contributed by atoms with van der Waals surface area (Å²) in [5.74, 6) is 0.965. The molecular formula is C25H22ClN3O8. The van der Waals surface area contributed by atoms with E-state index in [4.69, 9.17) is 25.8 Å². The van der Waals surface area contributed by atoms with Gasteiger partial charge in [-0.2, -0.15) is 0 Å². The number of hydrogen-bond acceptors (Lipinski definition) is 8. The summed E-state index contributed by atoms with van der Waals surface area (Å²) in [6.45, 7) is 0.327. The van der Waals surface area contributed by atoms with E-state index in [-0.39, 0.29) is 28.6 Å². The lowest BCUT2D eigenvalue weighted by molar-refractivity contribution is -0.385. The van der Waals surface area contributed by atoms with Gasteiger partial charge >= 0.3 is 0 Å². The minimum absolute atomic E-state index is 0.0156. The van der Waals surface area contributed by atoms with Gasteiger partial charge in [0.15, 0.2) is 11.5 Å². The van der Waals surface area contributed by atoms with Gasteiger partial charge in [0, 0.05) is 30.3 Å². The molecule has 0 fully saturated rings. The third-order valence-corrected chi connectivity index (χ3v) is 6.43. The Labute approximate surface area is 216 Å². The normalized spacial score (nSPS) is 14.5. The first-order chi connectivity index (χ1) is 17.7. The molecule has 11 nitrogen and oxygen atoms in total. The van der Waals surface area contributed by atoms with E-state index in [2.05, 4.69) is 0 Å². The molecule has 4 rings (SSSR count). The number of ether oxygens (including phenoxy) is 3. The van der Waals surface area contributed by atoms with Crippen LogP contribution in [0.3, 0.4) is 0 Å². The fourth-order valence-electron chi connectivity index (χ4n) is 4.24. The van der Waals surface area contributed by atoms with Crippen LogP contribution in [0, 0.1) is 20.2 Å². The largest absolute Gasteiger partial charge is 0.493 e. The van der Waals surface area contributed by atoms with Crippen molar-refractivity contribution in [3.8, 4) is 17.2 Å². The van der Waals surface area contributed by atoms with Crippen molar-refractivity contribution in [2.45, 2.75) is 12.5 Å². The molecule has 0 saturated carbocycles. The number of rotatable bonds is 8. The highest BCUT2D eigenvalue weighted by atomic mass is 35.5. The number of carbonyl (C=O) groups is 1. The van der Waals surface area contributed by atoms with Crippen molar-refractivity contribution in [1.29, 1.82) is 0 Å². The Bertz CT molecular complexity index is 1360. The van der Waals surface area contributed by atoms with Gasteiger partial charge in [0.05, 0.1) is 30.1 Å². The Morgan fingerprint density at radius 3 is 2.30 bits per heavy atom. The van der Waals surface area contributed by atoms with Gasteiger partial charge in [-0.1, -0.05) is 11.6 Å². The third kappa shape index (κ3) is 5.26. The van der Waals surface area contributed by atoms with Gasteiger partial charge in [0.25, 0.3) is 17.3 Å². The van der Waals surface area contributed by atoms with E-state index in [9.17, 15) is 25.0 Å². The van der Waals surface area contributed by atoms with Crippen LogP contribution < -0.4 is 14.2 Å². The summed E-state index contributed by atoms with van der Waals surface area (Å²) in [5.41, 5.74) is 1.37. The summed E-state index contributed by atoms with van der Waals surface area (Å²) in [6.07, 6.45) is 0.505. The summed E-state index contributed by atoms with van der Waals surface area (Å²) in [6, 6.07) is 12.6. The molecule has 0 bridgehead atoms. The molecule has 37 heavy (non-hydrogen) atoms. The van der Waals surface area contributed by atoms with Crippen LogP contribution in [0.5, 0.6) is 17.2 Å². The van der Waals surface area contributed by atoms with E-state index < -0.39 is 21.8 Å². The van der Waals surface area contributed by atoms with Crippen LogP contribution in [0.4, 0.5) is 11.4 Å². The van der Waals surface area contributed by atoms with E-state index in [1.165, 1.54) is 50.6 Å². The second-order valence-corrected chi connectivity index (χ2v) is 8.56. The predicted octanol–water partition coefficient (Wildman–Crippen LogP) is 4.99. The van der Waals surface area contributed by atoms with E-state index >= 15 is 0 Å². The SMILES string of the molecule is COc1cc2c(cc1OC)[C@H](COc1ccc([N+](=O)[O-])cc1)N(C(=O)c1ccc(Cl)c([N+](=O)[O-])c1)CC2. The van der Waals surface area contributed by atoms with Gasteiger partial charge in [-0.15, -0.1) is 0 Å². The zero-order valence-electron chi connectivity index (χ0n) is 19.9. The Hall–Kier alpha value is -4.38. The molecule has 0 aliphatic carbocycles. The molecule has 0 radical (unpaired) electrons. The molecular weight excluding hydrogens is 506 g/mol. The number of amides is 1. The number of nitrogens with zero attached hydrogens (tertiary/aromatic N) is 3. The molecule has 1 amide bonds. The van der Waals surface area contributed by atoms with Gasteiger partial charge in [0.2, 0.25) is 0 Å². The van der Waals surface area contributed by atoms with E-state index in [0.29, 0.717) is 30.2 Å². The van der Waals surface area contributed by atoms with Crippen LogP contribution in [-0.4, -0.2) is 48.0 Å². The summed E-state index contributed by atoms with van der Waals surface area (Å²) >= 11 is 5.93. The molecule has 3 aromatic rings. The maximum Gasteiger partial charge on any atom is 0.288 e. The van der Waals surface area contributed by atoms with Gasteiger partial charge in [0.1, 0.15) is 17.4 Å². The maximum absolute atomic E-state index is 13.6. The number of halogens is 1. The topological polar surface area (TPSA) is 134 Å². The van der Waals surface area contributed by atoms with Crippen molar-refractivity contribution >= 4 is 28.9 Å². The molecule has 1 atom stereocenters. The highest BCUT2D eigenvalue weighted by molar-refractivity contribution is 6.32. The molecule has 0 saturated heterocycles. The number of non-ortho nitro benzene ring substituents is 1. The zero-order chi connectivity index (χ0) is 26.7. The fraction of sp³-hybridized carbons (Fsp3) is 0.240. The van der Waals surface area contributed by atoms with Gasteiger partial charge in [-0.3, -0.25) is 25.0 Å². The monoisotopic (exact) mass is 527 g/mol. The Kier molecular flexibility index (Phi) is 7.44. The number of nitro benzene ring substituents is 2. The van der Waals surface area contributed by atoms with Gasteiger partial charge in [-0.05, 0) is 53.9 Å². The Morgan fingerprint density at radius 2 is 1.68 bits per heavy atom. The molecule has 3 aromatic carbocycles. The van der Waals surface area contributed by atoms with Gasteiger partial charge in [-0.25, -0.2) is 0 Å². The summed E-state index contributed by atoms with van der Waals surface area (Å²) in [4.78, 5) is 36.3. The Balaban J connectivity index is 1.71. The third-order valence-electron chi connectivity index (χ3n) is 6.11. The van der Waals surface area contributed by atoms with Crippen molar-refractivity contribution in [1.82, 2.24) is 4.90 Å². The first-order valence-electron chi connectivity index (χ1n) is 11.1. The number of methoxy groups -OCH3 is 2. The summed E-state index contributed by atoms with van der Waals surface area (Å²) < 4.78 is 16.8. The lowest BCUT2D eigenvalue weighted by Gasteiger charge is -2.37. The molecule has 0 aromatic heterocycles. The lowest BCUT2D eigenvalue weighted by Crippen LogP contribution is -2.42. The van der Waals surface area contributed by atoms with E-state index in [1.807, 2.05) is 6.07 Å². The predicted molar refractivity (Wildman–Crippen MR) is 134 cm³/mol. The molecule has 0 spiro atoms. The quantitative estimate of drug-likeness (QED) is 0.295. The van der Waals surface area contributed by atoms with Gasteiger partial charge < -0.3 is 19.1 Å². The zero-order valence-corrected chi connectivity index (χ0v) is 20.6. The number of benzene rings is 3. The van der Waals surface area contributed by atoms with Crippen LogP contribution in [0.25, 0.3) is 0 Å². The minimum atomic E-state index is -0.642. The highest BCUT2D eigenvalue weighted by Crippen LogP contribution is 2.39. The molecule has 1 aliphatic heterocycles. The first-order valence-corrected chi connectivity index (χ1v) is 11.5. The smallest absolute Gasteiger partial charge is 0.288 e. The highest BCUT2D eigenvalue weighted by Gasteiger charge is 2.34. The Morgan fingerprint density at radius 1 is 1.00 bits per heavy atom. The average Bonchev–Trinajstić information content (AvgIpc) is 2.90. The molecule has 1 aliphatic rings. The van der Waals surface area contributed by atoms with Crippen LogP contribution in [0.2, 0.25) is 5.02 Å². The second-order valence-electron chi connectivity index (χ2n) is 8.16. The standard InChI is InChI=1S/C25H22ClN3O8/c1-35-23-12-15-9-10-27(25(30)16-3-8-20(26)21(11-16)29(33)34)22(19(15)13-24(23)36-2)14-37-18-6-4-17(5-7-18)28(31)32/h3-8,11-13,22H,9-10,14H2,1-2H3/t22-/m0/s1. The summed E-state index contributed by atoms with van der Waals surface area (Å²) in [5, 5.41) is 22.3. The van der Waals surface area contributed by atoms with Crippen LogP contribution in [-0.2, 0) is 6.42 Å². The average molecular weight is 528 g/mol. The number of fused-ring (bicyclic) bond motifs is 1. The van der Waals surface area contributed by atoms with Crippen LogP contribution >= 0.6 is 11.6 Å². The maximum atomic E-state index is 13.6. The molecule has 0 N–H and O–H groups in total. The molecule has 0 unspecified atom stereocenters. The van der Waals surface area contributed by atoms with E-state index in [1.54, 1.807) is 11.0 Å². The van der Waals surface area contributed by atoms with Crippen molar-refractivity contribution in [2.24, 2.45) is 0 Å². The fourth-order valence-corrected chi connectivity index (χ4v) is 4.43. The van der Waals surface area contributed by atoms with E-state index in [0.717, 1.165) is 17.2 Å². The minimum Gasteiger partial charge on any atom is -0.493 e. The van der Waals surface area contributed by atoms with Crippen molar-refractivity contribution in [3.63, 3.8) is 0 Å². The van der Waals surface area contributed by atoms with Crippen molar-refractivity contribution in [3.05, 3.63) is 96.5 Å². The second kappa shape index (κ2) is 10.7. The number of carbonyl (C=O) groups excluding carboxylic acids is 1. The van der Waals surface area contributed by atoms with Crippen molar-refractivity contribution in [2.75, 3.05) is 27.4 Å². The first kappa shape index (κ1) is 25.7. The lowest BCUT2D eigenvalue weighted by atomic mass is 9.91. The number of hydrogen-bond donors (Lipinski definition) is 0. The number of nitro groups is 2. The molecule has 12 heteroatoms. The molecule has 1 heterocycles. The molecule has 192 valence electrons. The van der Waals surface area contributed by atoms with Crippen LogP contribution in [0.15, 0.2) is 54.6 Å². The van der Waals surface area contributed by atoms with Crippen molar-refractivity contribution < 1.29 is 28.9 Å².